The number of nitrogens with zero attached hydrogens (tertiary/aromatic N) is 4. The van der Waals surface area contributed by atoms with Crippen LogP contribution in [0, 0.1) is 0 Å². The summed E-state index contributed by atoms with van der Waals surface area (Å²) in [4.78, 5) is 9.01. The van der Waals surface area contributed by atoms with Crippen molar-refractivity contribution in [1.29, 1.82) is 0 Å². The number of hydrogen-bond donors (Lipinski definition) is 0. The zero-order chi connectivity index (χ0) is 27.7. The smallest absolute Gasteiger partial charge is 0.310 e. The molecule has 0 saturated carbocycles. The normalized spacial score (nSPS) is 11.6. The molecule has 0 aliphatic rings. The van der Waals surface area contributed by atoms with Crippen molar-refractivity contribution in [3.8, 4) is 0 Å². The van der Waals surface area contributed by atoms with Crippen molar-refractivity contribution in [2.45, 2.75) is 25.7 Å². The Morgan fingerprint density at radius 1 is 0.487 bits per heavy atom. The van der Waals surface area contributed by atoms with Crippen molar-refractivity contribution < 1.29 is 17.1 Å². The quantitative estimate of drug-likeness (QED) is 0.164. The predicted octanol–water partition coefficient (Wildman–Crippen LogP) is 5.53. The minimum Gasteiger partial charge on any atom is -0.310 e. The summed E-state index contributed by atoms with van der Waals surface area (Å²) in [6, 6.07) is 22.5. The Labute approximate surface area is 248 Å². The molecule has 0 saturated heterocycles. The number of hydrogen-bond acceptors (Lipinski definition) is 4. The van der Waals surface area contributed by atoms with Crippen molar-refractivity contribution in [2.75, 3.05) is 82.6 Å². The SMILES string of the molecule is CN(C)CCc1c[c-](CCN(C)C)c2ccccc12.CN(C)CCc1c[c-](CCN(C)C)c2ccccc12.[Mn+2]. The Morgan fingerprint density at radius 2 is 0.821 bits per heavy atom. The van der Waals surface area contributed by atoms with E-state index in [0.717, 1.165) is 51.9 Å². The van der Waals surface area contributed by atoms with E-state index in [9.17, 15) is 0 Å². The average molecular weight is 570 g/mol. The zero-order valence-electron chi connectivity index (χ0n) is 25.6. The molecule has 0 N–H and O–H groups in total. The van der Waals surface area contributed by atoms with Crippen LogP contribution in [0.2, 0.25) is 0 Å². The number of benzene rings is 2. The Bertz CT molecular complexity index is 1060. The molecule has 39 heavy (non-hydrogen) atoms. The van der Waals surface area contributed by atoms with E-state index in [1.165, 1.54) is 43.8 Å². The molecule has 0 atom stereocenters. The molecule has 0 fully saturated rings. The van der Waals surface area contributed by atoms with Gasteiger partial charge in [-0.1, -0.05) is 25.0 Å². The molecule has 4 rings (SSSR count). The standard InChI is InChI=1S/2C17H25N2.Mn/c2*1-18(2)11-9-14-13-15(10-12-19(3)4)17-8-6-5-7-16(14)17;/h2*5-8,13H,9-12H2,1-4H3;/q2*-1;+2. The molecule has 0 bridgehead atoms. The van der Waals surface area contributed by atoms with Crippen LogP contribution in [0.25, 0.3) is 21.5 Å². The first-order valence-corrected chi connectivity index (χ1v) is 14.1. The van der Waals surface area contributed by atoms with Gasteiger partial charge in [-0.2, -0.15) is 11.1 Å². The monoisotopic (exact) mass is 569 g/mol. The van der Waals surface area contributed by atoms with Gasteiger partial charge in [0, 0.05) is 0 Å². The predicted molar refractivity (Wildman–Crippen MR) is 168 cm³/mol. The van der Waals surface area contributed by atoms with Gasteiger partial charge in [-0.3, -0.25) is 0 Å². The van der Waals surface area contributed by atoms with E-state index in [2.05, 4.69) is 137 Å². The fourth-order valence-electron chi connectivity index (χ4n) is 5.02. The molecule has 4 aromatic rings. The summed E-state index contributed by atoms with van der Waals surface area (Å²) in [5.41, 5.74) is 5.99. The Morgan fingerprint density at radius 3 is 1.15 bits per heavy atom. The third kappa shape index (κ3) is 10.2. The molecular formula is C34H50MnN4. The summed E-state index contributed by atoms with van der Waals surface area (Å²) in [5.74, 6) is 0. The molecule has 0 aromatic heterocycles. The second kappa shape index (κ2) is 16.3. The van der Waals surface area contributed by atoms with Crippen LogP contribution in [0.5, 0.6) is 0 Å². The number of fused-ring (bicyclic) bond motifs is 2. The Balaban J connectivity index is 0.000000267. The van der Waals surface area contributed by atoms with Crippen LogP contribution in [-0.4, -0.2) is 102 Å². The second-order valence-corrected chi connectivity index (χ2v) is 11.7. The first-order valence-electron chi connectivity index (χ1n) is 14.1. The fraction of sp³-hybridized carbons (Fsp3) is 0.471. The number of likely N-dealkylation sites (N-methyl/N-ethyl adjacent to an activating group) is 4. The van der Waals surface area contributed by atoms with Gasteiger partial charge in [-0.25, -0.2) is 0 Å². The van der Waals surface area contributed by atoms with Crippen LogP contribution in [0.4, 0.5) is 0 Å². The molecule has 0 unspecified atom stereocenters. The largest absolute Gasteiger partial charge is 2.00 e. The third-order valence-electron chi connectivity index (χ3n) is 7.25. The van der Waals surface area contributed by atoms with Gasteiger partial charge >= 0.3 is 17.1 Å². The van der Waals surface area contributed by atoms with Crippen LogP contribution in [0.1, 0.15) is 22.3 Å². The minimum atomic E-state index is 0. The van der Waals surface area contributed by atoms with Crippen LogP contribution in [0.3, 0.4) is 0 Å². The van der Waals surface area contributed by atoms with Gasteiger partial charge in [0.05, 0.1) is 0 Å². The van der Waals surface area contributed by atoms with Crippen LogP contribution in [0.15, 0.2) is 60.7 Å². The first-order chi connectivity index (χ1) is 18.2. The summed E-state index contributed by atoms with van der Waals surface area (Å²) in [6.45, 7) is 4.45. The van der Waals surface area contributed by atoms with Crippen LogP contribution >= 0.6 is 0 Å². The van der Waals surface area contributed by atoms with E-state index < -0.39 is 0 Å². The molecule has 0 heterocycles. The van der Waals surface area contributed by atoms with E-state index in [-0.39, 0.29) is 17.1 Å². The third-order valence-corrected chi connectivity index (χ3v) is 7.25. The summed E-state index contributed by atoms with van der Waals surface area (Å²) < 4.78 is 0. The van der Waals surface area contributed by atoms with Crippen molar-refractivity contribution in [2.24, 2.45) is 0 Å². The van der Waals surface area contributed by atoms with Crippen molar-refractivity contribution in [1.82, 2.24) is 19.6 Å². The van der Waals surface area contributed by atoms with Crippen molar-refractivity contribution >= 4 is 21.5 Å². The van der Waals surface area contributed by atoms with Gasteiger partial charge in [0.15, 0.2) is 0 Å². The van der Waals surface area contributed by atoms with E-state index >= 15 is 0 Å². The molecule has 0 amide bonds. The fourth-order valence-corrected chi connectivity index (χ4v) is 5.02. The molecule has 4 aromatic carbocycles. The van der Waals surface area contributed by atoms with Gasteiger partial charge in [-0.15, -0.1) is 81.2 Å². The van der Waals surface area contributed by atoms with Gasteiger partial charge in [-0.05, 0) is 95.4 Å². The second-order valence-electron chi connectivity index (χ2n) is 11.7. The molecule has 4 nitrogen and oxygen atoms in total. The summed E-state index contributed by atoms with van der Waals surface area (Å²) in [5, 5.41) is 5.77. The van der Waals surface area contributed by atoms with Gasteiger partial charge in [0.2, 0.25) is 0 Å². The average Bonchev–Trinajstić information content (AvgIpc) is 3.42. The van der Waals surface area contributed by atoms with E-state index in [0.29, 0.717) is 0 Å². The molecule has 5 heteroatoms. The topological polar surface area (TPSA) is 13.0 Å². The Kier molecular flexibility index (Phi) is 13.9. The zero-order valence-corrected chi connectivity index (χ0v) is 26.8. The molecule has 0 aliphatic heterocycles. The Hall–Kier alpha value is -1.98. The molecule has 0 spiro atoms. The van der Waals surface area contributed by atoms with Crippen molar-refractivity contribution in [3.05, 3.63) is 82.9 Å². The molecule has 213 valence electrons. The summed E-state index contributed by atoms with van der Waals surface area (Å²) >= 11 is 0. The van der Waals surface area contributed by atoms with Crippen LogP contribution < -0.4 is 0 Å². The minimum absolute atomic E-state index is 0. The van der Waals surface area contributed by atoms with Gasteiger partial charge < -0.3 is 19.6 Å². The van der Waals surface area contributed by atoms with Gasteiger partial charge in [0.25, 0.3) is 0 Å². The first kappa shape index (κ1) is 33.2. The number of rotatable bonds is 12. The van der Waals surface area contributed by atoms with E-state index in [1.807, 2.05) is 0 Å². The summed E-state index contributed by atoms with van der Waals surface area (Å²) in [7, 11) is 17.1. The van der Waals surface area contributed by atoms with Crippen LogP contribution in [-0.2, 0) is 42.8 Å². The maximum Gasteiger partial charge on any atom is 2.00 e. The maximum atomic E-state index is 2.41. The van der Waals surface area contributed by atoms with Gasteiger partial charge in [0.1, 0.15) is 0 Å². The maximum absolute atomic E-state index is 2.41. The molecular weight excluding hydrogens is 519 g/mol. The van der Waals surface area contributed by atoms with E-state index in [4.69, 9.17) is 0 Å². The molecule has 1 radical (unpaired) electrons. The molecule has 0 aliphatic carbocycles. The van der Waals surface area contributed by atoms with E-state index in [1.54, 1.807) is 0 Å². The summed E-state index contributed by atoms with van der Waals surface area (Å²) in [6.07, 6.45) is 4.54. The van der Waals surface area contributed by atoms with Crippen molar-refractivity contribution in [3.63, 3.8) is 0 Å².